The maximum atomic E-state index is 11.2. The molecule has 5 atom stereocenters. The number of aliphatic hydroxyl groups excluding tert-OH is 1. The number of fused-ring (bicyclic) bond motifs is 2. The van der Waals surface area contributed by atoms with Crippen LogP contribution in [0.5, 0.6) is 0 Å². The van der Waals surface area contributed by atoms with E-state index in [0.29, 0.717) is 17.3 Å². The smallest absolute Gasteiger partial charge is 0.163 e. The summed E-state index contributed by atoms with van der Waals surface area (Å²) in [5, 5.41) is 12.6. The Bertz CT molecular complexity index is 1100. The monoisotopic (exact) mass is 492 g/mol. The van der Waals surface area contributed by atoms with Crippen molar-refractivity contribution in [1.29, 1.82) is 0 Å². The third kappa shape index (κ3) is 3.22. The van der Waals surface area contributed by atoms with Crippen LogP contribution >= 0.6 is 27.5 Å². The van der Waals surface area contributed by atoms with Gasteiger partial charge in [-0.2, -0.15) is 0 Å². The second-order valence-corrected chi connectivity index (χ2v) is 9.66. The Balaban J connectivity index is 1.56. The minimum atomic E-state index is -0.736. The van der Waals surface area contributed by atoms with Crippen LogP contribution in [0.1, 0.15) is 38.0 Å². The van der Waals surface area contributed by atoms with E-state index in [-0.39, 0.29) is 24.2 Å². The summed E-state index contributed by atoms with van der Waals surface area (Å²) < 4.78 is 15.4. The first kappa shape index (κ1) is 20.2. The lowest BCUT2D eigenvalue weighted by Crippen LogP contribution is -2.29. The number of nitrogen functional groups attached to an aromatic ring is 1. The summed E-state index contributed by atoms with van der Waals surface area (Å²) in [4.78, 5) is 8.57. The highest BCUT2D eigenvalue weighted by molar-refractivity contribution is 9.10. The molecule has 9 heteroatoms. The van der Waals surface area contributed by atoms with Crippen LogP contribution in [0.25, 0.3) is 11.0 Å². The Hall–Kier alpha value is -1.71. The zero-order chi connectivity index (χ0) is 21.2. The molecule has 1 unspecified atom stereocenters. The summed E-state index contributed by atoms with van der Waals surface area (Å²) in [6, 6.07) is 7.20. The van der Waals surface area contributed by atoms with Crippen molar-refractivity contribution in [3.63, 3.8) is 0 Å². The molecule has 1 aliphatic heterocycles. The van der Waals surface area contributed by atoms with Gasteiger partial charge in [0.05, 0.1) is 23.6 Å². The van der Waals surface area contributed by atoms with E-state index in [2.05, 4.69) is 30.5 Å². The molecule has 30 heavy (non-hydrogen) atoms. The molecule has 3 heterocycles. The molecule has 2 aromatic heterocycles. The van der Waals surface area contributed by atoms with Crippen LogP contribution in [0.4, 0.5) is 5.82 Å². The maximum absolute atomic E-state index is 11.2. The molecular formula is C21H22BrClN4O3. The highest BCUT2D eigenvalue weighted by atomic mass is 79.9. The number of nitrogens with two attached hydrogens (primary N) is 1. The standard InChI is InChI=1S/C21H22BrClN4O3/c1-21(2)29-17-12(16(28)10-3-5-11(23)6-4-10)7-14(18(17)30-21)27-8-13(22)15-19(24)25-9-26-20(15)27/h3-6,8-9,12,14,16-18,28H,7H2,1-2H3,(H2,24,25,26)/t12-,14-,16?,17-,18+/m1/s1. The molecule has 1 aromatic carbocycles. The predicted octanol–water partition coefficient (Wildman–Crippen LogP) is 4.24. The molecular weight excluding hydrogens is 472 g/mol. The number of hydrogen-bond donors (Lipinski definition) is 2. The lowest BCUT2D eigenvalue weighted by Gasteiger charge is -2.26. The van der Waals surface area contributed by atoms with Gasteiger partial charge in [0, 0.05) is 21.6 Å². The predicted molar refractivity (Wildman–Crippen MR) is 117 cm³/mol. The van der Waals surface area contributed by atoms with Gasteiger partial charge in [0.2, 0.25) is 0 Å². The number of nitrogens with zero attached hydrogens (tertiary/aromatic N) is 3. The van der Waals surface area contributed by atoms with Gasteiger partial charge in [-0.15, -0.1) is 0 Å². The molecule has 2 aliphatic rings. The highest BCUT2D eigenvalue weighted by Crippen LogP contribution is 2.51. The van der Waals surface area contributed by atoms with Crippen LogP contribution in [0.15, 0.2) is 41.3 Å². The van der Waals surface area contributed by atoms with E-state index in [1.807, 2.05) is 32.2 Å². The van der Waals surface area contributed by atoms with Crippen LogP contribution < -0.4 is 5.73 Å². The number of ether oxygens (including phenoxy) is 2. The van der Waals surface area contributed by atoms with Crippen LogP contribution in [0.3, 0.4) is 0 Å². The van der Waals surface area contributed by atoms with Gasteiger partial charge in [-0.3, -0.25) is 0 Å². The third-order valence-corrected chi connectivity index (χ3v) is 6.90. The molecule has 0 spiro atoms. The lowest BCUT2D eigenvalue weighted by molar-refractivity contribution is -0.165. The van der Waals surface area contributed by atoms with E-state index < -0.39 is 11.9 Å². The molecule has 1 saturated heterocycles. The fourth-order valence-corrected chi connectivity index (χ4v) is 5.52. The van der Waals surface area contributed by atoms with Crippen molar-refractivity contribution < 1.29 is 14.6 Å². The van der Waals surface area contributed by atoms with Crippen molar-refractivity contribution in [3.05, 3.63) is 51.8 Å². The Morgan fingerprint density at radius 1 is 1.23 bits per heavy atom. The van der Waals surface area contributed by atoms with E-state index in [4.69, 9.17) is 26.8 Å². The molecule has 0 bridgehead atoms. The number of rotatable bonds is 3. The third-order valence-electron chi connectivity index (χ3n) is 6.05. The average molecular weight is 494 g/mol. The quantitative estimate of drug-likeness (QED) is 0.566. The van der Waals surface area contributed by atoms with Crippen molar-refractivity contribution in [1.82, 2.24) is 14.5 Å². The Labute approximate surface area is 187 Å². The summed E-state index contributed by atoms with van der Waals surface area (Å²) >= 11 is 9.60. The normalized spacial score (nSPS) is 28.7. The largest absolute Gasteiger partial charge is 0.388 e. The minimum Gasteiger partial charge on any atom is -0.388 e. The average Bonchev–Trinajstić information content (AvgIpc) is 3.30. The molecule has 5 rings (SSSR count). The van der Waals surface area contributed by atoms with Gasteiger partial charge in [-0.25, -0.2) is 9.97 Å². The SMILES string of the molecule is CC1(C)O[C@@H]2[C@H](O1)[C@@H](C(O)c1ccc(Cl)cc1)C[C@H]2n1cc(Br)c2c(N)ncnc21. The van der Waals surface area contributed by atoms with Crippen LogP contribution in [-0.2, 0) is 9.47 Å². The molecule has 2 fully saturated rings. The zero-order valence-corrected chi connectivity index (χ0v) is 18.8. The van der Waals surface area contributed by atoms with E-state index in [1.165, 1.54) is 6.33 Å². The Morgan fingerprint density at radius 3 is 2.67 bits per heavy atom. The van der Waals surface area contributed by atoms with E-state index in [9.17, 15) is 5.11 Å². The molecule has 7 nitrogen and oxygen atoms in total. The molecule has 1 aliphatic carbocycles. The van der Waals surface area contributed by atoms with Crippen molar-refractivity contribution in [3.8, 4) is 0 Å². The van der Waals surface area contributed by atoms with Gasteiger partial charge in [-0.1, -0.05) is 23.7 Å². The van der Waals surface area contributed by atoms with Gasteiger partial charge in [0.25, 0.3) is 0 Å². The van der Waals surface area contributed by atoms with Gasteiger partial charge < -0.3 is 24.9 Å². The Kier molecular flexibility index (Phi) is 4.83. The van der Waals surface area contributed by atoms with Crippen molar-refractivity contribution in [2.75, 3.05) is 5.73 Å². The lowest BCUT2D eigenvalue weighted by atomic mass is 9.92. The summed E-state index contributed by atoms with van der Waals surface area (Å²) in [7, 11) is 0. The number of benzene rings is 1. The minimum absolute atomic E-state index is 0.0770. The van der Waals surface area contributed by atoms with Crippen molar-refractivity contribution >= 4 is 44.4 Å². The summed E-state index contributed by atoms with van der Waals surface area (Å²) in [5.41, 5.74) is 7.62. The zero-order valence-electron chi connectivity index (χ0n) is 16.5. The molecule has 3 N–H and O–H groups in total. The second-order valence-electron chi connectivity index (χ2n) is 8.37. The summed E-state index contributed by atoms with van der Waals surface area (Å²) in [6.45, 7) is 3.80. The topological polar surface area (TPSA) is 95.4 Å². The van der Waals surface area contributed by atoms with Crippen molar-refractivity contribution in [2.24, 2.45) is 5.92 Å². The fraction of sp³-hybridized carbons (Fsp3) is 0.429. The molecule has 0 radical (unpaired) electrons. The van der Waals surface area contributed by atoms with E-state index in [0.717, 1.165) is 21.1 Å². The van der Waals surface area contributed by atoms with Gasteiger partial charge in [0.1, 0.15) is 23.9 Å². The maximum Gasteiger partial charge on any atom is 0.163 e. The fourth-order valence-electron chi connectivity index (χ4n) is 4.80. The van der Waals surface area contributed by atoms with Crippen molar-refractivity contribution in [2.45, 2.75) is 50.4 Å². The Morgan fingerprint density at radius 2 is 1.93 bits per heavy atom. The molecule has 3 aromatic rings. The van der Waals surface area contributed by atoms with E-state index in [1.54, 1.807) is 12.1 Å². The molecule has 1 saturated carbocycles. The number of halogens is 2. The first-order valence-corrected chi connectivity index (χ1v) is 11.0. The van der Waals surface area contributed by atoms with Crippen LogP contribution in [0, 0.1) is 5.92 Å². The number of aromatic nitrogens is 3. The van der Waals surface area contributed by atoms with Gasteiger partial charge in [-0.05, 0) is 53.9 Å². The molecule has 0 amide bonds. The first-order valence-electron chi connectivity index (χ1n) is 9.81. The molecule has 158 valence electrons. The second kappa shape index (κ2) is 7.17. The first-order chi connectivity index (χ1) is 14.2. The van der Waals surface area contributed by atoms with E-state index >= 15 is 0 Å². The van der Waals surface area contributed by atoms with Crippen LogP contribution in [-0.4, -0.2) is 37.6 Å². The van der Waals surface area contributed by atoms with Crippen LogP contribution in [0.2, 0.25) is 5.02 Å². The summed E-state index contributed by atoms with van der Waals surface area (Å²) in [5.74, 6) is -0.472. The summed E-state index contributed by atoms with van der Waals surface area (Å²) in [6.07, 6.45) is 2.89. The van der Waals surface area contributed by atoms with Gasteiger partial charge >= 0.3 is 0 Å². The number of hydrogen-bond acceptors (Lipinski definition) is 6. The number of aliphatic hydroxyl groups is 1. The highest BCUT2D eigenvalue weighted by Gasteiger charge is 2.56. The van der Waals surface area contributed by atoms with Gasteiger partial charge in [0.15, 0.2) is 5.79 Å². The number of anilines is 1.